The Morgan fingerprint density at radius 2 is 2.43 bits per heavy atom. The van der Waals surface area contributed by atoms with Crippen LogP contribution in [0.4, 0.5) is 0 Å². The Morgan fingerprint density at radius 3 is 2.86 bits per heavy atom. The number of allylic oxidation sites excluding steroid dienone is 1. The largest absolute Gasteiger partial charge is 0.481 e. The third kappa shape index (κ3) is 2.49. The predicted octanol–water partition coefficient (Wildman–Crippen LogP) is 1.97. The molecule has 1 unspecified atom stereocenters. The zero-order valence-corrected chi connectivity index (χ0v) is 9.10. The van der Waals surface area contributed by atoms with Crippen molar-refractivity contribution in [3.8, 4) is 0 Å². The summed E-state index contributed by atoms with van der Waals surface area (Å²) in [6.07, 6.45) is 2.19. The Morgan fingerprint density at radius 1 is 1.71 bits per heavy atom. The number of hydrogen-bond donors (Lipinski definition) is 2. The number of halogens is 1. The van der Waals surface area contributed by atoms with Crippen molar-refractivity contribution >= 4 is 17.6 Å². The molecule has 1 saturated heterocycles. The van der Waals surface area contributed by atoms with Gasteiger partial charge in [-0.25, -0.2) is 0 Å². The summed E-state index contributed by atoms with van der Waals surface area (Å²) in [5.41, 5.74) is 1.75. The van der Waals surface area contributed by atoms with Gasteiger partial charge in [-0.2, -0.15) is 0 Å². The molecule has 1 rings (SSSR count). The van der Waals surface area contributed by atoms with E-state index in [1.807, 2.05) is 6.92 Å². The lowest BCUT2D eigenvalue weighted by atomic mass is 9.76. The number of carboxylic acid groups (broad SMARTS) is 1. The first-order valence-electron chi connectivity index (χ1n) is 4.81. The Bertz CT molecular complexity index is 245. The van der Waals surface area contributed by atoms with Crippen LogP contribution in [-0.4, -0.2) is 24.2 Å². The van der Waals surface area contributed by atoms with Crippen molar-refractivity contribution in [3.63, 3.8) is 0 Å². The summed E-state index contributed by atoms with van der Waals surface area (Å²) in [6.45, 7) is 3.33. The summed E-state index contributed by atoms with van der Waals surface area (Å²) in [7, 11) is 0. The molecule has 1 heterocycles. The van der Waals surface area contributed by atoms with E-state index in [2.05, 4.69) is 5.32 Å². The first kappa shape index (κ1) is 11.5. The highest BCUT2D eigenvalue weighted by molar-refractivity contribution is 6.25. The molecule has 0 bridgehead atoms. The van der Waals surface area contributed by atoms with Crippen LogP contribution in [0.25, 0.3) is 0 Å². The predicted molar refractivity (Wildman–Crippen MR) is 56.4 cm³/mol. The molecule has 3 nitrogen and oxygen atoms in total. The van der Waals surface area contributed by atoms with Crippen molar-refractivity contribution in [3.05, 3.63) is 11.1 Å². The minimum absolute atomic E-state index is 0.541. The number of piperidine rings is 1. The number of aliphatic carboxylic acids is 1. The number of nitrogens with one attached hydrogen (secondary N) is 1. The van der Waals surface area contributed by atoms with Crippen LogP contribution in [0, 0.1) is 5.41 Å². The molecule has 0 aromatic rings. The minimum atomic E-state index is -0.720. The number of carbonyl (C=O) groups is 1. The lowest BCUT2D eigenvalue weighted by Gasteiger charge is -2.33. The van der Waals surface area contributed by atoms with Crippen LogP contribution in [0.2, 0.25) is 0 Å². The van der Waals surface area contributed by atoms with Crippen molar-refractivity contribution in [2.75, 3.05) is 13.1 Å². The molecular formula is C10H16ClNO2. The standard InChI is InChI=1S/C10H16ClNO2/c1-8(6-11)5-10(9(13)14)3-2-4-12-7-10/h6,12H,2-5,7H2,1H3,(H,13,14)/b8-6+. The van der Waals surface area contributed by atoms with E-state index in [1.54, 1.807) is 0 Å². The molecule has 1 fully saturated rings. The first-order chi connectivity index (χ1) is 6.60. The normalized spacial score (nSPS) is 28.9. The molecule has 0 aliphatic carbocycles. The molecule has 0 radical (unpaired) electrons. The highest BCUT2D eigenvalue weighted by Gasteiger charge is 2.39. The summed E-state index contributed by atoms with van der Waals surface area (Å²) in [5.74, 6) is -0.720. The van der Waals surface area contributed by atoms with Gasteiger partial charge in [0.15, 0.2) is 0 Å². The average molecular weight is 218 g/mol. The molecule has 1 aliphatic rings. The molecule has 0 aromatic carbocycles. The first-order valence-corrected chi connectivity index (χ1v) is 5.24. The second-order valence-electron chi connectivity index (χ2n) is 4.00. The van der Waals surface area contributed by atoms with E-state index in [-0.39, 0.29) is 0 Å². The van der Waals surface area contributed by atoms with Gasteiger partial charge in [0.2, 0.25) is 0 Å². The van der Waals surface area contributed by atoms with Crippen LogP contribution >= 0.6 is 11.6 Å². The van der Waals surface area contributed by atoms with Crippen molar-refractivity contribution < 1.29 is 9.90 Å². The quantitative estimate of drug-likeness (QED) is 0.760. The third-order valence-electron chi connectivity index (χ3n) is 2.73. The maximum Gasteiger partial charge on any atom is 0.311 e. The van der Waals surface area contributed by atoms with Crippen molar-refractivity contribution in [2.24, 2.45) is 5.41 Å². The molecule has 80 valence electrons. The smallest absolute Gasteiger partial charge is 0.311 e. The van der Waals surface area contributed by atoms with Crippen LogP contribution in [0.5, 0.6) is 0 Å². The van der Waals surface area contributed by atoms with E-state index >= 15 is 0 Å². The van der Waals surface area contributed by atoms with Gasteiger partial charge in [0.05, 0.1) is 5.41 Å². The second kappa shape index (κ2) is 4.80. The van der Waals surface area contributed by atoms with Gasteiger partial charge in [-0.1, -0.05) is 17.2 Å². The monoisotopic (exact) mass is 217 g/mol. The van der Waals surface area contributed by atoms with Crippen LogP contribution in [0.15, 0.2) is 11.1 Å². The highest BCUT2D eigenvalue weighted by atomic mass is 35.5. The molecule has 14 heavy (non-hydrogen) atoms. The maximum atomic E-state index is 11.2. The van der Waals surface area contributed by atoms with E-state index in [4.69, 9.17) is 11.6 Å². The third-order valence-corrected chi connectivity index (χ3v) is 3.10. The van der Waals surface area contributed by atoms with Gasteiger partial charge in [-0.05, 0) is 32.7 Å². The van der Waals surface area contributed by atoms with E-state index < -0.39 is 11.4 Å². The lowest BCUT2D eigenvalue weighted by Crippen LogP contribution is -2.45. The Balaban J connectivity index is 2.75. The summed E-state index contributed by atoms with van der Waals surface area (Å²) in [5, 5.41) is 12.4. The molecule has 0 saturated carbocycles. The molecule has 0 aromatic heterocycles. The van der Waals surface area contributed by atoms with Gasteiger partial charge < -0.3 is 10.4 Å². The Kier molecular flexibility index (Phi) is 3.96. The summed E-state index contributed by atoms with van der Waals surface area (Å²) in [4.78, 5) is 11.2. The summed E-state index contributed by atoms with van der Waals surface area (Å²) < 4.78 is 0. The van der Waals surface area contributed by atoms with Gasteiger partial charge >= 0.3 is 5.97 Å². The molecular weight excluding hydrogens is 202 g/mol. The zero-order valence-electron chi connectivity index (χ0n) is 8.35. The second-order valence-corrected chi connectivity index (χ2v) is 4.22. The number of hydrogen-bond acceptors (Lipinski definition) is 2. The average Bonchev–Trinajstić information content (AvgIpc) is 2.19. The van der Waals surface area contributed by atoms with Gasteiger partial charge in [0.25, 0.3) is 0 Å². The lowest BCUT2D eigenvalue weighted by molar-refractivity contribution is -0.150. The molecule has 2 N–H and O–H groups in total. The molecule has 0 spiro atoms. The van der Waals surface area contributed by atoms with Crippen LogP contribution in [0.1, 0.15) is 26.2 Å². The van der Waals surface area contributed by atoms with E-state index in [1.165, 1.54) is 5.54 Å². The fraction of sp³-hybridized carbons (Fsp3) is 0.700. The van der Waals surface area contributed by atoms with Crippen LogP contribution < -0.4 is 5.32 Å². The summed E-state index contributed by atoms with van der Waals surface area (Å²) >= 11 is 5.56. The molecule has 1 atom stereocenters. The molecule has 4 heteroatoms. The summed E-state index contributed by atoms with van der Waals surface area (Å²) in [6, 6.07) is 0. The van der Waals surface area contributed by atoms with Gasteiger partial charge in [0.1, 0.15) is 0 Å². The fourth-order valence-corrected chi connectivity index (χ4v) is 2.03. The van der Waals surface area contributed by atoms with E-state index in [9.17, 15) is 9.90 Å². The van der Waals surface area contributed by atoms with E-state index in [0.29, 0.717) is 13.0 Å². The minimum Gasteiger partial charge on any atom is -0.481 e. The van der Waals surface area contributed by atoms with Crippen molar-refractivity contribution in [2.45, 2.75) is 26.2 Å². The van der Waals surface area contributed by atoms with E-state index in [0.717, 1.165) is 25.0 Å². The van der Waals surface area contributed by atoms with Crippen molar-refractivity contribution in [1.82, 2.24) is 5.32 Å². The Labute approximate surface area is 89.1 Å². The maximum absolute atomic E-state index is 11.2. The Hall–Kier alpha value is -0.540. The van der Waals surface area contributed by atoms with Crippen LogP contribution in [0.3, 0.4) is 0 Å². The number of rotatable bonds is 3. The van der Waals surface area contributed by atoms with Gasteiger partial charge in [-0.3, -0.25) is 4.79 Å². The SMILES string of the molecule is C/C(=C\Cl)CC1(C(=O)O)CCCNC1. The fourth-order valence-electron chi connectivity index (χ4n) is 1.95. The van der Waals surface area contributed by atoms with Crippen LogP contribution in [-0.2, 0) is 4.79 Å². The van der Waals surface area contributed by atoms with Gasteiger partial charge in [0, 0.05) is 12.1 Å². The zero-order chi connectivity index (χ0) is 10.6. The molecule has 1 aliphatic heterocycles. The molecule has 0 amide bonds. The van der Waals surface area contributed by atoms with Crippen molar-refractivity contribution in [1.29, 1.82) is 0 Å². The highest BCUT2D eigenvalue weighted by Crippen LogP contribution is 2.33. The topological polar surface area (TPSA) is 49.3 Å². The van der Waals surface area contributed by atoms with Gasteiger partial charge in [-0.15, -0.1) is 0 Å². The number of carboxylic acids is 1.